The van der Waals surface area contributed by atoms with Crippen molar-refractivity contribution in [2.45, 2.75) is 32.2 Å². The monoisotopic (exact) mass is 228 g/mol. The summed E-state index contributed by atoms with van der Waals surface area (Å²) in [5.74, 6) is 1.87. The fourth-order valence-electron chi connectivity index (χ4n) is 1.86. The number of nitrogens with zero attached hydrogens (tertiary/aromatic N) is 1. The van der Waals surface area contributed by atoms with Crippen molar-refractivity contribution in [1.29, 1.82) is 0 Å². The fourth-order valence-corrected chi connectivity index (χ4v) is 2.96. The second kappa shape index (κ2) is 4.74. The molecule has 86 valence electrons. The zero-order valence-corrected chi connectivity index (χ0v) is 10.4. The molecule has 15 heavy (non-hydrogen) atoms. The maximum atomic E-state index is 5.34. The minimum Gasteiger partial charge on any atom is -0.381 e. The molecule has 0 radical (unpaired) electrons. The van der Waals surface area contributed by atoms with Gasteiger partial charge in [0.25, 0.3) is 0 Å². The highest BCUT2D eigenvalue weighted by atomic mass is 32.2. The molecular formula is C11H20N2OS. The molecule has 0 spiro atoms. The molecule has 1 atom stereocenters. The number of nitrogens with one attached hydrogen (secondary N) is 1. The van der Waals surface area contributed by atoms with Gasteiger partial charge in [-0.1, -0.05) is 11.8 Å². The molecule has 4 heteroatoms. The number of hydrogen-bond donors (Lipinski definition) is 1. The molecule has 2 fully saturated rings. The van der Waals surface area contributed by atoms with Crippen LogP contribution in [0.2, 0.25) is 0 Å². The number of rotatable bonds is 3. The first kappa shape index (κ1) is 11.3. The summed E-state index contributed by atoms with van der Waals surface area (Å²) >= 11 is 1.84. The third-order valence-corrected chi connectivity index (χ3v) is 4.20. The van der Waals surface area contributed by atoms with Crippen LogP contribution in [0.4, 0.5) is 0 Å². The largest absolute Gasteiger partial charge is 0.381 e. The van der Waals surface area contributed by atoms with Crippen molar-refractivity contribution in [3.05, 3.63) is 0 Å². The molecule has 0 aliphatic carbocycles. The normalized spacial score (nSPS) is 32.1. The van der Waals surface area contributed by atoms with Crippen molar-refractivity contribution >= 4 is 16.9 Å². The van der Waals surface area contributed by atoms with Crippen molar-refractivity contribution < 1.29 is 4.74 Å². The Morgan fingerprint density at radius 2 is 2.47 bits per heavy atom. The average molecular weight is 228 g/mol. The maximum absolute atomic E-state index is 5.34. The summed E-state index contributed by atoms with van der Waals surface area (Å²) < 4.78 is 5.34. The first-order chi connectivity index (χ1) is 7.16. The van der Waals surface area contributed by atoms with E-state index in [0.717, 1.165) is 36.6 Å². The van der Waals surface area contributed by atoms with Gasteiger partial charge in [0.2, 0.25) is 0 Å². The predicted molar refractivity (Wildman–Crippen MR) is 65.5 cm³/mol. The summed E-state index contributed by atoms with van der Waals surface area (Å²) in [6, 6.07) is 0. The zero-order chi connectivity index (χ0) is 10.7. The highest BCUT2D eigenvalue weighted by Crippen LogP contribution is 2.22. The Kier molecular flexibility index (Phi) is 3.57. The topological polar surface area (TPSA) is 33.6 Å². The lowest BCUT2D eigenvalue weighted by Crippen LogP contribution is -2.36. The van der Waals surface area contributed by atoms with Gasteiger partial charge in [0, 0.05) is 31.1 Å². The molecule has 2 heterocycles. The number of thioether (sulfide) groups is 1. The molecule has 2 saturated heterocycles. The molecule has 0 aromatic carbocycles. The lowest BCUT2D eigenvalue weighted by Gasteiger charge is -2.15. The van der Waals surface area contributed by atoms with E-state index in [1.54, 1.807) is 0 Å². The van der Waals surface area contributed by atoms with E-state index < -0.39 is 0 Å². The Morgan fingerprint density at radius 3 is 3.07 bits per heavy atom. The van der Waals surface area contributed by atoms with Gasteiger partial charge in [-0.05, 0) is 32.6 Å². The van der Waals surface area contributed by atoms with Crippen LogP contribution in [0.15, 0.2) is 4.99 Å². The van der Waals surface area contributed by atoms with Crippen molar-refractivity contribution in [2.75, 3.05) is 25.5 Å². The highest BCUT2D eigenvalue weighted by molar-refractivity contribution is 8.14. The van der Waals surface area contributed by atoms with E-state index in [1.165, 1.54) is 12.8 Å². The quantitative estimate of drug-likeness (QED) is 0.801. The van der Waals surface area contributed by atoms with Crippen molar-refractivity contribution in [3.63, 3.8) is 0 Å². The van der Waals surface area contributed by atoms with Gasteiger partial charge in [0.05, 0.1) is 0 Å². The van der Waals surface area contributed by atoms with Crippen LogP contribution >= 0.6 is 11.8 Å². The molecule has 0 saturated carbocycles. The fraction of sp³-hybridized carbons (Fsp3) is 0.909. The molecule has 1 unspecified atom stereocenters. The SMILES string of the molecule is CC1(C)CSC(=NCCC2CCOC2)N1. The number of aliphatic imine (C=N–C) groups is 1. The average Bonchev–Trinajstić information content (AvgIpc) is 2.76. The summed E-state index contributed by atoms with van der Waals surface area (Å²) in [5, 5.41) is 4.56. The van der Waals surface area contributed by atoms with E-state index >= 15 is 0 Å². The summed E-state index contributed by atoms with van der Waals surface area (Å²) in [6.45, 7) is 7.26. The van der Waals surface area contributed by atoms with Crippen LogP contribution in [0.1, 0.15) is 26.7 Å². The molecule has 1 N–H and O–H groups in total. The summed E-state index contributed by atoms with van der Waals surface area (Å²) in [6.07, 6.45) is 2.39. The molecule has 0 bridgehead atoms. The Bertz CT molecular complexity index is 247. The molecule has 0 amide bonds. The Balaban J connectivity index is 1.70. The first-order valence-electron chi connectivity index (χ1n) is 5.69. The van der Waals surface area contributed by atoms with E-state index in [1.807, 2.05) is 11.8 Å². The molecule has 2 rings (SSSR count). The van der Waals surface area contributed by atoms with Gasteiger partial charge in [0.1, 0.15) is 0 Å². The lowest BCUT2D eigenvalue weighted by molar-refractivity contribution is 0.184. The van der Waals surface area contributed by atoms with E-state index in [9.17, 15) is 0 Å². The van der Waals surface area contributed by atoms with Gasteiger partial charge >= 0.3 is 0 Å². The number of ether oxygens (including phenoxy) is 1. The Morgan fingerprint density at radius 1 is 1.60 bits per heavy atom. The molecule has 3 nitrogen and oxygen atoms in total. The van der Waals surface area contributed by atoms with Crippen LogP contribution in [-0.2, 0) is 4.74 Å². The van der Waals surface area contributed by atoms with Crippen LogP contribution < -0.4 is 5.32 Å². The van der Waals surface area contributed by atoms with Crippen LogP contribution in [0.5, 0.6) is 0 Å². The lowest BCUT2D eigenvalue weighted by atomic mass is 10.1. The van der Waals surface area contributed by atoms with E-state index in [2.05, 4.69) is 24.2 Å². The van der Waals surface area contributed by atoms with Gasteiger partial charge in [-0.15, -0.1) is 0 Å². The number of amidine groups is 1. The molecule has 2 aliphatic rings. The second-order valence-corrected chi connectivity index (χ2v) is 5.97. The minimum atomic E-state index is 0.222. The zero-order valence-electron chi connectivity index (χ0n) is 9.58. The predicted octanol–water partition coefficient (Wildman–Crippen LogP) is 1.88. The smallest absolute Gasteiger partial charge is 0.157 e. The highest BCUT2D eigenvalue weighted by Gasteiger charge is 2.27. The van der Waals surface area contributed by atoms with Gasteiger partial charge in [-0.25, -0.2) is 0 Å². The van der Waals surface area contributed by atoms with Crippen molar-refractivity contribution in [1.82, 2.24) is 5.32 Å². The van der Waals surface area contributed by atoms with Gasteiger partial charge < -0.3 is 10.1 Å². The van der Waals surface area contributed by atoms with Gasteiger partial charge in [-0.2, -0.15) is 0 Å². The van der Waals surface area contributed by atoms with Crippen LogP contribution in [-0.4, -0.2) is 36.2 Å². The van der Waals surface area contributed by atoms with Crippen molar-refractivity contribution in [2.24, 2.45) is 10.9 Å². The summed E-state index contributed by atoms with van der Waals surface area (Å²) in [4.78, 5) is 4.60. The Labute approximate surface area is 96.1 Å². The van der Waals surface area contributed by atoms with Gasteiger partial charge in [-0.3, -0.25) is 4.99 Å². The second-order valence-electron chi connectivity index (χ2n) is 5.00. The third kappa shape index (κ3) is 3.38. The molecular weight excluding hydrogens is 208 g/mol. The van der Waals surface area contributed by atoms with E-state index in [0.29, 0.717) is 0 Å². The van der Waals surface area contributed by atoms with E-state index in [-0.39, 0.29) is 5.54 Å². The third-order valence-electron chi connectivity index (χ3n) is 2.83. The summed E-state index contributed by atoms with van der Waals surface area (Å²) in [5.41, 5.74) is 0.222. The molecule has 0 aromatic heterocycles. The number of hydrogen-bond acceptors (Lipinski definition) is 3. The van der Waals surface area contributed by atoms with Crippen LogP contribution in [0, 0.1) is 5.92 Å². The van der Waals surface area contributed by atoms with Crippen LogP contribution in [0.25, 0.3) is 0 Å². The van der Waals surface area contributed by atoms with Crippen molar-refractivity contribution in [3.8, 4) is 0 Å². The maximum Gasteiger partial charge on any atom is 0.157 e. The van der Waals surface area contributed by atoms with Crippen LogP contribution in [0.3, 0.4) is 0 Å². The minimum absolute atomic E-state index is 0.222. The van der Waals surface area contributed by atoms with E-state index in [4.69, 9.17) is 4.74 Å². The standard InChI is InChI=1S/C11H20N2OS/c1-11(2)8-15-10(13-11)12-5-3-9-4-6-14-7-9/h9H,3-8H2,1-2H3,(H,12,13). The summed E-state index contributed by atoms with van der Waals surface area (Å²) in [7, 11) is 0. The Hall–Kier alpha value is -0.220. The van der Waals surface area contributed by atoms with Gasteiger partial charge in [0.15, 0.2) is 5.17 Å². The molecule has 0 aromatic rings. The molecule has 2 aliphatic heterocycles. The first-order valence-corrected chi connectivity index (χ1v) is 6.67.